The first-order chi connectivity index (χ1) is 12.1. The molecule has 1 amide bonds. The van der Waals surface area contributed by atoms with Gasteiger partial charge in [-0.05, 0) is 69.1 Å². The molecular weight excluding hydrogens is 372 g/mol. The zero-order valence-corrected chi connectivity index (χ0v) is 16.5. The molecule has 6 heteroatoms. The molecule has 2 atom stereocenters. The number of piperidine rings is 3. The minimum atomic E-state index is 0.0429. The Bertz CT molecular complexity index is 751. The normalized spacial score (nSPS) is 28.1. The molecule has 2 aromatic rings. The second-order valence-electron chi connectivity index (χ2n) is 6.82. The van der Waals surface area contributed by atoms with E-state index in [1.54, 1.807) is 23.1 Å². The lowest BCUT2D eigenvalue weighted by Gasteiger charge is -2.49. The monoisotopic (exact) mass is 392 g/mol. The van der Waals surface area contributed by atoms with Gasteiger partial charge in [0.15, 0.2) is 0 Å². The van der Waals surface area contributed by atoms with Gasteiger partial charge >= 0.3 is 0 Å². The first-order valence-corrected chi connectivity index (χ1v) is 10.7. The zero-order chi connectivity index (χ0) is 17.4. The second kappa shape index (κ2) is 7.31. The molecule has 0 spiro atoms. The lowest BCUT2D eigenvalue weighted by Crippen LogP contribution is -2.62. The van der Waals surface area contributed by atoms with Crippen molar-refractivity contribution in [3.8, 4) is 0 Å². The van der Waals surface area contributed by atoms with Crippen LogP contribution in [0.15, 0.2) is 44.8 Å². The maximum absolute atomic E-state index is 12.7. The number of halogens is 1. The zero-order valence-electron chi connectivity index (χ0n) is 14.1. The van der Waals surface area contributed by atoms with Crippen molar-refractivity contribution in [3.63, 3.8) is 0 Å². The Balaban J connectivity index is 1.40. The highest BCUT2D eigenvalue weighted by atomic mass is 35.5. The van der Waals surface area contributed by atoms with Crippen LogP contribution in [-0.2, 0) is 0 Å². The van der Waals surface area contributed by atoms with Gasteiger partial charge in [0.05, 0.1) is 9.23 Å². The van der Waals surface area contributed by atoms with Gasteiger partial charge < -0.3 is 5.32 Å². The summed E-state index contributed by atoms with van der Waals surface area (Å²) in [7, 11) is 0. The molecule has 3 saturated heterocycles. The van der Waals surface area contributed by atoms with E-state index in [0.717, 1.165) is 19.7 Å². The molecule has 5 rings (SSSR count). The summed E-state index contributed by atoms with van der Waals surface area (Å²) < 4.78 is 1.16. The van der Waals surface area contributed by atoms with Crippen LogP contribution >= 0.6 is 34.7 Å². The molecule has 1 N–H and O–H groups in total. The van der Waals surface area contributed by atoms with Gasteiger partial charge in [-0.3, -0.25) is 9.69 Å². The average Bonchev–Trinajstić information content (AvgIpc) is 3.04. The number of benzene rings is 1. The molecule has 2 unspecified atom stereocenters. The summed E-state index contributed by atoms with van der Waals surface area (Å²) in [5, 5.41) is 5.99. The van der Waals surface area contributed by atoms with Gasteiger partial charge in [0.25, 0.3) is 5.91 Å². The SMILES string of the molecule is CC1C(NC(=O)c2ccc(Sc3cc(Cl)cs3)cc2)C2CCN1CC2. The number of fused-ring (bicyclic) bond motifs is 3. The molecular formula is C19H21ClN2OS2. The molecule has 25 heavy (non-hydrogen) atoms. The third-order valence-corrected chi connectivity index (χ3v) is 7.79. The van der Waals surface area contributed by atoms with Crippen molar-refractivity contribution in [3.05, 3.63) is 46.3 Å². The predicted octanol–water partition coefficient (Wildman–Crippen LogP) is 4.77. The van der Waals surface area contributed by atoms with Crippen LogP contribution in [0.3, 0.4) is 0 Å². The summed E-state index contributed by atoms with van der Waals surface area (Å²) in [6.07, 6.45) is 2.41. The Kier molecular flexibility index (Phi) is 5.09. The number of hydrogen-bond acceptors (Lipinski definition) is 4. The Labute approximate surface area is 161 Å². The van der Waals surface area contributed by atoms with E-state index in [2.05, 4.69) is 17.1 Å². The van der Waals surface area contributed by atoms with Crippen molar-refractivity contribution >= 4 is 40.6 Å². The molecule has 3 fully saturated rings. The van der Waals surface area contributed by atoms with Crippen LogP contribution in [0.25, 0.3) is 0 Å². The fourth-order valence-corrected chi connectivity index (χ4v) is 6.10. The summed E-state index contributed by atoms with van der Waals surface area (Å²) in [6.45, 7) is 4.59. The number of rotatable bonds is 4. The van der Waals surface area contributed by atoms with E-state index < -0.39 is 0 Å². The summed E-state index contributed by atoms with van der Waals surface area (Å²) >= 11 is 9.27. The summed E-state index contributed by atoms with van der Waals surface area (Å²) in [4.78, 5) is 16.3. The molecule has 3 aliphatic rings. The molecule has 2 bridgehead atoms. The topological polar surface area (TPSA) is 32.3 Å². The Hall–Kier alpha value is -1.01. The van der Waals surface area contributed by atoms with Gasteiger partial charge in [0, 0.05) is 27.9 Å². The predicted molar refractivity (Wildman–Crippen MR) is 105 cm³/mol. The number of thiophene rings is 1. The minimum absolute atomic E-state index is 0.0429. The third kappa shape index (κ3) is 3.75. The van der Waals surface area contributed by atoms with Crippen LogP contribution in [0, 0.1) is 5.92 Å². The molecule has 4 heterocycles. The van der Waals surface area contributed by atoms with Gasteiger partial charge in [-0.25, -0.2) is 0 Å². The number of nitrogens with zero attached hydrogens (tertiary/aromatic N) is 1. The fraction of sp³-hybridized carbons (Fsp3) is 0.421. The van der Waals surface area contributed by atoms with E-state index >= 15 is 0 Å². The standard InChI is InChI=1S/C19H21ClN2OS2/c1-12-18(13-6-8-22(12)9-7-13)21-19(23)14-2-4-16(5-3-14)25-17-10-15(20)11-24-17/h2-5,10-13,18H,6-9H2,1H3,(H,21,23). The van der Waals surface area contributed by atoms with Gasteiger partial charge in [-0.15, -0.1) is 11.3 Å². The molecule has 0 radical (unpaired) electrons. The van der Waals surface area contributed by atoms with Crippen molar-refractivity contribution in [2.24, 2.45) is 5.92 Å². The lowest BCUT2D eigenvalue weighted by molar-refractivity contribution is 0.0217. The van der Waals surface area contributed by atoms with E-state index in [1.807, 2.05) is 35.7 Å². The van der Waals surface area contributed by atoms with Crippen molar-refractivity contribution in [2.75, 3.05) is 13.1 Å². The molecule has 3 nitrogen and oxygen atoms in total. The van der Waals surface area contributed by atoms with Crippen molar-refractivity contribution < 1.29 is 4.79 Å². The maximum Gasteiger partial charge on any atom is 0.251 e. The van der Waals surface area contributed by atoms with Crippen LogP contribution in [0.5, 0.6) is 0 Å². The Morgan fingerprint density at radius 1 is 1.28 bits per heavy atom. The fourth-order valence-electron chi connectivity index (χ4n) is 3.92. The minimum Gasteiger partial charge on any atom is -0.347 e. The summed E-state index contributed by atoms with van der Waals surface area (Å²) in [6, 6.07) is 10.5. The van der Waals surface area contributed by atoms with E-state index in [0.29, 0.717) is 12.0 Å². The summed E-state index contributed by atoms with van der Waals surface area (Å²) in [5.74, 6) is 0.670. The first-order valence-electron chi connectivity index (χ1n) is 8.67. The molecule has 1 aromatic carbocycles. The maximum atomic E-state index is 12.7. The molecule has 1 aromatic heterocycles. The highest BCUT2D eigenvalue weighted by Gasteiger charge is 2.40. The lowest BCUT2D eigenvalue weighted by atomic mass is 9.79. The Morgan fingerprint density at radius 3 is 2.60 bits per heavy atom. The third-order valence-electron chi connectivity index (χ3n) is 5.35. The van der Waals surface area contributed by atoms with Gasteiger partial charge in [-0.1, -0.05) is 23.4 Å². The van der Waals surface area contributed by atoms with Crippen molar-refractivity contribution in [1.29, 1.82) is 0 Å². The summed E-state index contributed by atoms with van der Waals surface area (Å²) in [5.41, 5.74) is 0.734. The van der Waals surface area contributed by atoms with E-state index in [9.17, 15) is 4.79 Å². The largest absolute Gasteiger partial charge is 0.347 e. The molecule has 0 aliphatic carbocycles. The van der Waals surface area contributed by atoms with Gasteiger partial charge in [-0.2, -0.15) is 0 Å². The Morgan fingerprint density at radius 2 is 2.00 bits per heavy atom. The number of nitrogens with one attached hydrogen (secondary N) is 1. The number of carbonyl (C=O) groups is 1. The first kappa shape index (κ1) is 17.4. The van der Waals surface area contributed by atoms with Crippen LogP contribution < -0.4 is 5.32 Å². The van der Waals surface area contributed by atoms with Crippen molar-refractivity contribution in [1.82, 2.24) is 10.2 Å². The second-order valence-corrected chi connectivity index (χ2v) is 9.55. The smallest absolute Gasteiger partial charge is 0.251 e. The highest BCUT2D eigenvalue weighted by Crippen LogP contribution is 2.35. The highest BCUT2D eigenvalue weighted by molar-refractivity contribution is 8.01. The van der Waals surface area contributed by atoms with Crippen LogP contribution in [0.4, 0.5) is 0 Å². The quantitative estimate of drug-likeness (QED) is 0.813. The van der Waals surface area contributed by atoms with Gasteiger partial charge in [0.1, 0.15) is 0 Å². The number of carbonyl (C=O) groups excluding carboxylic acids is 1. The number of hydrogen-bond donors (Lipinski definition) is 1. The molecule has 3 aliphatic heterocycles. The van der Waals surface area contributed by atoms with Gasteiger partial charge in [0.2, 0.25) is 0 Å². The van der Waals surface area contributed by atoms with Crippen LogP contribution in [0.2, 0.25) is 5.02 Å². The molecule has 132 valence electrons. The molecule has 0 saturated carbocycles. The average molecular weight is 393 g/mol. The van der Waals surface area contributed by atoms with Crippen molar-refractivity contribution in [2.45, 2.75) is 41.0 Å². The van der Waals surface area contributed by atoms with Crippen LogP contribution in [0.1, 0.15) is 30.1 Å². The van der Waals surface area contributed by atoms with E-state index in [-0.39, 0.29) is 11.9 Å². The van der Waals surface area contributed by atoms with E-state index in [4.69, 9.17) is 11.6 Å². The number of amides is 1. The van der Waals surface area contributed by atoms with E-state index in [1.165, 1.54) is 25.9 Å². The van der Waals surface area contributed by atoms with Crippen LogP contribution in [-0.4, -0.2) is 36.0 Å².